The monoisotopic (exact) mass is 265 g/mol. The van der Waals surface area contributed by atoms with Gasteiger partial charge in [0.15, 0.2) is 0 Å². The molecule has 18 heavy (non-hydrogen) atoms. The lowest BCUT2D eigenvalue weighted by molar-refractivity contribution is 0.685. The summed E-state index contributed by atoms with van der Waals surface area (Å²) in [6, 6.07) is 3.51. The van der Waals surface area contributed by atoms with Crippen molar-refractivity contribution in [3.8, 4) is 0 Å². The largest absolute Gasteiger partial charge is 0.329 e. The molecule has 2 heterocycles. The van der Waals surface area contributed by atoms with Gasteiger partial charge in [0.2, 0.25) is 0 Å². The third kappa shape index (κ3) is 2.36. The molecule has 0 bridgehead atoms. The second kappa shape index (κ2) is 5.18. The van der Waals surface area contributed by atoms with E-state index >= 15 is 0 Å². The molecule has 0 saturated carbocycles. The predicted molar refractivity (Wildman–Crippen MR) is 69.0 cm³/mol. The van der Waals surface area contributed by atoms with Crippen LogP contribution in [0.1, 0.15) is 18.1 Å². The van der Waals surface area contributed by atoms with Crippen LogP contribution in [0.15, 0.2) is 34.1 Å². The van der Waals surface area contributed by atoms with E-state index < -0.39 is 5.69 Å². The Labute approximate surface area is 108 Å². The number of aromatic nitrogens is 3. The molecule has 0 radical (unpaired) electrons. The zero-order valence-electron chi connectivity index (χ0n) is 9.81. The molecule has 2 rings (SSSR count). The Balaban J connectivity index is 2.52. The number of hydrogen-bond donors (Lipinski definition) is 1. The van der Waals surface area contributed by atoms with E-state index in [2.05, 4.69) is 9.97 Å². The summed E-state index contributed by atoms with van der Waals surface area (Å²) in [6.45, 7) is 2.03. The molecule has 2 aromatic rings. The highest BCUT2D eigenvalue weighted by Crippen LogP contribution is 2.06. The molecule has 0 atom stereocenters. The van der Waals surface area contributed by atoms with Gasteiger partial charge in [-0.1, -0.05) is 18.5 Å². The molecule has 5 nitrogen and oxygen atoms in total. The van der Waals surface area contributed by atoms with Gasteiger partial charge in [0, 0.05) is 12.4 Å². The Morgan fingerprint density at radius 1 is 1.33 bits per heavy atom. The summed E-state index contributed by atoms with van der Waals surface area (Å²) in [5.74, 6) is 0. The summed E-state index contributed by atoms with van der Waals surface area (Å²) < 4.78 is 1.14. The lowest BCUT2D eigenvalue weighted by atomic mass is 10.2. The van der Waals surface area contributed by atoms with Crippen LogP contribution in [0.3, 0.4) is 0 Å². The van der Waals surface area contributed by atoms with Crippen molar-refractivity contribution < 1.29 is 0 Å². The van der Waals surface area contributed by atoms with Crippen molar-refractivity contribution in [3.05, 3.63) is 61.6 Å². The Bertz CT molecular complexity index is 661. The van der Waals surface area contributed by atoms with Crippen molar-refractivity contribution in [2.45, 2.75) is 19.9 Å². The van der Waals surface area contributed by atoms with Crippen LogP contribution in [0, 0.1) is 0 Å². The van der Waals surface area contributed by atoms with E-state index in [9.17, 15) is 9.59 Å². The maximum absolute atomic E-state index is 12.1. The average Bonchev–Trinajstić information content (AvgIpc) is 2.36. The Hall–Kier alpha value is -1.88. The number of pyridine rings is 1. The zero-order valence-corrected chi connectivity index (χ0v) is 10.6. The fraction of sp³-hybridized carbons (Fsp3) is 0.250. The number of aromatic amines is 1. The molecule has 0 saturated heterocycles. The third-order valence-corrected chi connectivity index (χ3v) is 3.00. The van der Waals surface area contributed by atoms with Crippen molar-refractivity contribution in [1.82, 2.24) is 14.5 Å². The van der Waals surface area contributed by atoms with Crippen LogP contribution in [-0.2, 0) is 13.0 Å². The quantitative estimate of drug-likeness (QED) is 0.848. The second-order valence-corrected chi connectivity index (χ2v) is 4.20. The maximum Gasteiger partial charge on any atom is 0.329 e. The predicted octanol–water partition coefficient (Wildman–Crippen LogP) is 1.20. The molecule has 0 fully saturated rings. The number of rotatable bonds is 3. The maximum atomic E-state index is 12.1. The number of nitrogens with one attached hydrogen (secondary N) is 1. The van der Waals surface area contributed by atoms with Gasteiger partial charge >= 0.3 is 5.69 Å². The fourth-order valence-electron chi connectivity index (χ4n) is 1.71. The molecule has 94 valence electrons. The summed E-state index contributed by atoms with van der Waals surface area (Å²) in [5, 5.41) is 0.124. The summed E-state index contributed by atoms with van der Waals surface area (Å²) in [6.07, 6.45) is 3.71. The Kier molecular flexibility index (Phi) is 3.62. The van der Waals surface area contributed by atoms with E-state index in [-0.39, 0.29) is 17.3 Å². The number of nitrogens with zero attached hydrogens (tertiary/aromatic N) is 2. The van der Waals surface area contributed by atoms with Crippen molar-refractivity contribution in [3.63, 3.8) is 0 Å². The van der Waals surface area contributed by atoms with Gasteiger partial charge in [-0.2, -0.15) is 0 Å². The second-order valence-electron chi connectivity index (χ2n) is 3.82. The van der Waals surface area contributed by atoms with E-state index in [1.807, 2.05) is 6.92 Å². The van der Waals surface area contributed by atoms with Crippen LogP contribution in [0.25, 0.3) is 0 Å². The summed E-state index contributed by atoms with van der Waals surface area (Å²) in [5.41, 5.74) is 0.411. The van der Waals surface area contributed by atoms with Gasteiger partial charge in [-0.15, -0.1) is 0 Å². The number of hydrogen-bond acceptors (Lipinski definition) is 3. The molecule has 0 aliphatic rings. The molecular formula is C12H12ClN3O2. The molecule has 0 unspecified atom stereocenters. The molecule has 0 aromatic carbocycles. The van der Waals surface area contributed by atoms with E-state index in [1.165, 1.54) is 0 Å². The van der Waals surface area contributed by atoms with Gasteiger partial charge < -0.3 is 0 Å². The van der Waals surface area contributed by atoms with Gasteiger partial charge in [-0.3, -0.25) is 19.3 Å². The van der Waals surface area contributed by atoms with Gasteiger partial charge in [0.25, 0.3) is 5.56 Å². The number of halogens is 1. The van der Waals surface area contributed by atoms with Crippen molar-refractivity contribution in [2.24, 2.45) is 0 Å². The lowest BCUT2D eigenvalue weighted by Gasteiger charge is -2.07. The first-order valence-corrected chi connectivity index (χ1v) is 5.91. The van der Waals surface area contributed by atoms with Crippen LogP contribution in [0.4, 0.5) is 0 Å². The minimum Gasteiger partial charge on any atom is -0.297 e. The highest BCUT2D eigenvalue weighted by Gasteiger charge is 2.11. The Morgan fingerprint density at radius 2 is 2.00 bits per heavy atom. The molecule has 2 aromatic heterocycles. The number of H-pyrrole nitrogens is 1. The average molecular weight is 266 g/mol. The highest BCUT2D eigenvalue weighted by molar-refractivity contribution is 6.30. The van der Waals surface area contributed by atoms with Crippen molar-refractivity contribution in [1.29, 1.82) is 0 Å². The SMILES string of the molecule is CCc1c(Cl)[nH]c(=O)n(Cc2ccncc2)c1=O. The fourth-order valence-corrected chi connectivity index (χ4v) is 2.00. The van der Waals surface area contributed by atoms with Gasteiger partial charge in [-0.05, 0) is 24.1 Å². The Morgan fingerprint density at radius 3 is 2.61 bits per heavy atom. The lowest BCUT2D eigenvalue weighted by Crippen LogP contribution is -2.37. The molecule has 0 aliphatic heterocycles. The van der Waals surface area contributed by atoms with Crippen LogP contribution in [-0.4, -0.2) is 14.5 Å². The minimum atomic E-state index is -0.501. The van der Waals surface area contributed by atoms with Gasteiger partial charge in [0.05, 0.1) is 12.1 Å². The van der Waals surface area contributed by atoms with Crippen molar-refractivity contribution >= 4 is 11.6 Å². The minimum absolute atomic E-state index is 0.124. The van der Waals surface area contributed by atoms with E-state index in [4.69, 9.17) is 11.6 Å². The molecule has 6 heteroatoms. The third-order valence-electron chi connectivity index (χ3n) is 2.67. The molecule has 0 aliphatic carbocycles. The van der Waals surface area contributed by atoms with Gasteiger partial charge in [0.1, 0.15) is 5.15 Å². The van der Waals surface area contributed by atoms with Gasteiger partial charge in [-0.25, -0.2) is 4.79 Å². The first kappa shape index (κ1) is 12.6. The van der Waals surface area contributed by atoms with E-state index in [0.717, 1.165) is 10.1 Å². The van der Waals surface area contributed by atoms with Crippen LogP contribution >= 0.6 is 11.6 Å². The topological polar surface area (TPSA) is 67.8 Å². The normalized spacial score (nSPS) is 10.6. The molecular weight excluding hydrogens is 254 g/mol. The van der Waals surface area contributed by atoms with E-state index in [1.54, 1.807) is 24.5 Å². The summed E-state index contributed by atoms with van der Waals surface area (Å²) >= 11 is 5.83. The first-order chi connectivity index (χ1) is 8.63. The molecule has 0 spiro atoms. The van der Waals surface area contributed by atoms with Crippen molar-refractivity contribution in [2.75, 3.05) is 0 Å². The highest BCUT2D eigenvalue weighted by atomic mass is 35.5. The molecule has 1 N–H and O–H groups in total. The molecule has 0 amide bonds. The zero-order chi connectivity index (χ0) is 13.1. The van der Waals surface area contributed by atoms with E-state index in [0.29, 0.717) is 12.0 Å². The first-order valence-electron chi connectivity index (χ1n) is 5.54. The summed E-state index contributed by atoms with van der Waals surface area (Å²) in [7, 11) is 0. The smallest absolute Gasteiger partial charge is 0.297 e. The van der Waals surface area contributed by atoms with Crippen LogP contribution < -0.4 is 11.2 Å². The van der Waals surface area contributed by atoms with Crippen LogP contribution in [0.2, 0.25) is 5.15 Å². The van der Waals surface area contributed by atoms with Crippen LogP contribution in [0.5, 0.6) is 0 Å². The summed E-state index contributed by atoms with van der Waals surface area (Å²) in [4.78, 5) is 30.2. The standard InChI is InChI=1S/C12H12ClN3O2/c1-2-9-10(13)15-12(18)16(11(9)17)7-8-3-5-14-6-4-8/h3-6H,2,7H2,1H3,(H,15,18).